The number of hydrogen-bond acceptors (Lipinski definition) is 6. The van der Waals surface area contributed by atoms with Crippen LogP contribution in [0.15, 0.2) is 66.1 Å². The first-order chi connectivity index (χ1) is 18.5. The van der Waals surface area contributed by atoms with E-state index in [1.54, 1.807) is 12.4 Å². The standard InChI is InChI=1S/C31H39N5O2/c1-6-8-15-33-30(34-25-12-13-27(23(4)17-25)38-26-11-10-14-32-19-26)29-24(5)18-28-31(35-29)36(16-9-7-2)20-22(3)21-37-28/h8,10-15,17-19,22H,6-7,9,16,20-21H2,1-5H3,(H,33,34)/b15-8+. The van der Waals surface area contributed by atoms with Gasteiger partial charge in [0, 0.05) is 37.1 Å². The van der Waals surface area contributed by atoms with E-state index in [1.165, 1.54) is 0 Å². The zero-order chi connectivity index (χ0) is 26.9. The Kier molecular flexibility index (Phi) is 9.35. The van der Waals surface area contributed by atoms with Crippen molar-refractivity contribution in [3.8, 4) is 17.2 Å². The van der Waals surface area contributed by atoms with E-state index in [9.17, 15) is 0 Å². The summed E-state index contributed by atoms with van der Waals surface area (Å²) in [5.74, 6) is 4.36. The van der Waals surface area contributed by atoms with Crippen LogP contribution in [0, 0.1) is 19.8 Å². The highest BCUT2D eigenvalue weighted by Gasteiger charge is 2.24. The van der Waals surface area contributed by atoms with Crippen molar-refractivity contribution in [2.75, 3.05) is 29.9 Å². The summed E-state index contributed by atoms with van der Waals surface area (Å²) in [6.45, 7) is 13.2. The number of fused-ring (bicyclic) bond motifs is 1. The topological polar surface area (TPSA) is 71.9 Å². The Morgan fingerprint density at radius 1 is 1.21 bits per heavy atom. The maximum absolute atomic E-state index is 6.18. The van der Waals surface area contributed by atoms with E-state index in [2.05, 4.69) is 55.0 Å². The fourth-order valence-corrected chi connectivity index (χ4v) is 4.34. The molecule has 200 valence electrons. The molecule has 0 bridgehead atoms. The van der Waals surface area contributed by atoms with Gasteiger partial charge in [-0.1, -0.05) is 33.3 Å². The summed E-state index contributed by atoms with van der Waals surface area (Å²) in [5.41, 5.74) is 3.74. The minimum Gasteiger partial charge on any atom is -0.489 e. The molecular weight excluding hydrogens is 474 g/mol. The predicted molar refractivity (Wildman–Crippen MR) is 156 cm³/mol. The number of amidine groups is 1. The molecule has 0 saturated heterocycles. The number of anilines is 2. The lowest BCUT2D eigenvalue weighted by Crippen LogP contribution is -2.30. The van der Waals surface area contributed by atoms with E-state index in [0.29, 0.717) is 24.1 Å². The largest absolute Gasteiger partial charge is 0.489 e. The zero-order valence-corrected chi connectivity index (χ0v) is 23.2. The van der Waals surface area contributed by atoms with Crippen LogP contribution >= 0.6 is 0 Å². The number of hydrogen-bond donors (Lipinski definition) is 1. The lowest BCUT2D eigenvalue weighted by molar-refractivity contribution is 0.273. The molecule has 0 amide bonds. The van der Waals surface area contributed by atoms with E-state index in [4.69, 9.17) is 19.5 Å². The normalized spacial score (nSPS) is 15.7. The molecule has 1 aliphatic heterocycles. The number of unbranched alkanes of at least 4 members (excludes halogenated alkanes) is 1. The molecule has 1 aliphatic rings. The van der Waals surface area contributed by atoms with Gasteiger partial charge in [-0.15, -0.1) is 0 Å². The highest BCUT2D eigenvalue weighted by molar-refractivity contribution is 6.08. The lowest BCUT2D eigenvalue weighted by atomic mass is 10.1. The van der Waals surface area contributed by atoms with Crippen LogP contribution in [-0.2, 0) is 0 Å². The minimum absolute atomic E-state index is 0.430. The molecule has 1 unspecified atom stereocenters. The second kappa shape index (κ2) is 13.1. The third kappa shape index (κ3) is 6.91. The molecule has 1 atom stereocenters. The van der Waals surface area contributed by atoms with Crippen LogP contribution < -0.4 is 19.7 Å². The monoisotopic (exact) mass is 513 g/mol. The van der Waals surface area contributed by atoms with Crippen molar-refractivity contribution in [1.82, 2.24) is 9.97 Å². The van der Waals surface area contributed by atoms with Gasteiger partial charge in [-0.25, -0.2) is 9.98 Å². The van der Waals surface area contributed by atoms with Crippen molar-refractivity contribution in [3.05, 3.63) is 77.9 Å². The van der Waals surface area contributed by atoms with Gasteiger partial charge in [0.25, 0.3) is 0 Å². The third-order valence-electron chi connectivity index (χ3n) is 6.36. The molecule has 1 aromatic carbocycles. The van der Waals surface area contributed by atoms with E-state index in [1.807, 2.05) is 43.5 Å². The van der Waals surface area contributed by atoms with Crippen LogP contribution in [0.3, 0.4) is 0 Å². The van der Waals surface area contributed by atoms with Gasteiger partial charge in [-0.2, -0.15) is 0 Å². The Bertz CT molecular complexity index is 1270. The quantitative estimate of drug-likeness (QED) is 0.239. The second-order valence-corrected chi connectivity index (χ2v) is 9.86. The number of aromatic nitrogens is 2. The van der Waals surface area contributed by atoms with Crippen molar-refractivity contribution in [2.45, 2.75) is 53.9 Å². The van der Waals surface area contributed by atoms with Crippen LogP contribution in [-0.4, -0.2) is 35.5 Å². The number of pyridine rings is 2. The lowest BCUT2D eigenvalue weighted by Gasteiger charge is -2.25. The van der Waals surface area contributed by atoms with Gasteiger partial charge in [-0.05, 0) is 74.2 Å². The van der Waals surface area contributed by atoms with Gasteiger partial charge in [0.2, 0.25) is 0 Å². The molecule has 0 radical (unpaired) electrons. The number of rotatable bonds is 9. The molecule has 7 nitrogen and oxygen atoms in total. The van der Waals surface area contributed by atoms with Crippen molar-refractivity contribution < 1.29 is 9.47 Å². The molecule has 0 saturated carbocycles. The molecular formula is C31H39N5O2. The van der Waals surface area contributed by atoms with Gasteiger partial charge in [0.1, 0.15) is 17.2 Å². The number of nitrogens with zero attached hydrogens (tertiary/aromatic N) is 4. The van der Waals surface area contributed by atoms with Gasteiger partial charge < -0.3 is 19.7 Å². The van der Waals surface area contributed by atoms with Gasteiger partial charge in [0.15, 0.2) is 17.4 Å². The number of aliphatic imine (C=N–C) groups is 1. The molecule has 0 aliphatic carbocycles. The molecule has 7 heteroatoms. The number of ether oxygens (including phenoxy) is 2. The Morgan fingerprint density at radius 3 is 2.82 bits per heavy atom. The smallest absolute Gasteiger partial charge is 0.172 e. The molecule has 3 heterocycles. The summed E-state index contributed by atoms with van der Waals surface area (Å²) < 4.78 is 12.2. The summed E-state index contributed by atoms with van der Waals surface area (Å²) in [5, 5.41) is 3.53. The van der Waals surface area contributed by atoms with Crippen molar-refractivity contribution in [2.24, 2.45) is 10.9 Å². The first kappa shape index (κ1) is 27.2. The van der Waals surface area contributed by atoms with E-state index >= 15 is 0 Å². The predicted octanol–water partition coefficient (Wildman–Crippen LogP) is 7.30. The van der Waals surface area contributed by atoms with Crippen LogP contribution in [0.2, 0.25) is 0 Å². The molecule has 2 aromatic heterocycles. The third-order valence-corrected chi connectivity index (χ3v) is 6.36. The van der Waals surface area contributed by atoms with Gasteiger partial charge in [0.05, 0.1) is 12.8 Å². The maximum atomic E-state index is 6.18. The average Bonchev–Trinajstić information content (AvgIpc) is 3.06. The first-order valence-electron chi connectivity index (χ1n) is 13.6. The van der Waals surface area contributed by atoms with E-state index in [-0.39, 0.29) is 0 Å². The fourth-order valence-electron chi connectivity index (χ4n) is 4.34. The summed E-state index contributed by atoms with van der Waals surface area (Å²) in [4.78, 5) is 16.4. The Hall–Kier alpha value is -3.87. The minimum atomic E-state index is 0.430. The van der Waals surface area contributed by atoms with Gasteiger partial charge in [-0.3, -0.25) is 4.98 Å². The number of allylic oxidation sites excluding steroid dienone is 1. The van der Waals surface area contributed by atoms with Crippen LogP contribution in [0.1, 0.15) is 56.9 Å². The van der Waals surface area contributed by atoms with Crippen molar-refractivity contribution >= 4 is 17.3 Å². The Morgan fingerprint density at radius 2 is 2.08 bits per heavy atom. The Balaban J connectivity index is 1.67. The fraction of sp³-hybridized carbons (Fsp3) is 0.387. The summed E-state index contributed by atoms with van der Waals surface area (Å²) in [6.07, 6.45) is 10.5. The number of nitrogens with one attached hydrogen (secondary N) is 1. The SMILES string of the molecule is CC/C=C/N=C(/Nc1ccc(Oc2cccnc2)c(C)c1)c1nc2c(cc1C)OCC(C)CN2CCCC. The average molecular weight is 514 g/mol. The van der Waals surface area contributed by atoms with Crippen molar-refractivity contribution in [3.63, 3.8) is 0 Å². The van der Waals surface area contributed by atoms with E-state index < -0.39 is 0 Å². The first-order valence-corrected chi connectivity index (χ1v) is 13.6. The molecule has 0 fully saturated rings. The molecule has 4 rings (SSSR count). The number of benzene rings is 1. The second-order valence-electron chi connectivity index (χ2n) is 9.86. The molecule has 3 aromatic rings. The highest BCUT2D eigenvalue weighted by atomic mass is 16.5. The summed E-state index contributed by atoms with van der Waals surface area (Å²) in [6, 6.07) is 11.9. The van der Waals surface area contributed by atoms with Crippen LogP contribution in [0.25, 0.3) is 0 Å². The highest BCUT2D eigenvalue weighted by Crippen LogP contribution is 2.33. The molecule has 38 heavy (non-hydrogen) atoms. The Labute approximate surface area is 226 Å². The van der Waals surface area contributed by atoms with Crippen LogP contribution in [0.4, 0.5) is 11.5 Å². The van der Waals surface area contributed by atoms with Crippen molar-refractivity contribution in [1.29, 1.82) is 0 Å². The zero-order valence-electron chi connectivity index (χ0n) is 23.2. The maximum Gasteiger partial charge on any atom is 0.172 e. The van der Waals surface area contributed by atoms with Crippen LogP contribution in [0.5, 0.6) is 17.2 Å². The molecule has 1 N–H and O–H groups in total. The molecule has 0 spiro atoms. The summed E-state index contributed by atoms with van der Waals surface area (Å²) >= 11 is 0. The number of aryl methyl sites for hydroxylation is 2. The van der Waals surface area contributed by atoms with E-state index in [0.717, 1.165) is 72.2 Å². The van der Waals surface area contributed by atoms with Gasteiger partial charge >= 0.3 is 0 Å². The summed E-state index contributed by atoms with van der Waals surface area (Å²) in [7, 11) is 0.